The highest BCUT2D eigenvalue weighted by Gasteiger charge is 2.10. The minimum absolute atomic E-state index is 0.465. The zero-order valence-electron chi connectivity index (χ0n) is 11.4. The van der Waals surface area contributed by atoms with Crippen LogP contribution in [0, 0.1) is 13.8 Å². The van der Waals surface area contributed by atoms with E-state index in [1.54, 1.807) is 18.4 Å². The van der Waals surface area contributed by atoms with Crippen LogP contribution in [0.5, 0.6) is 0 Å². The maximum absolute atomic E-state index is 5.22. The summed E-state index contributed by atoms with van der Waals surface area (Å²) >= 11 is 0. The molecule has 1 N–H and O–H groups in total. The van der Waals surface area contributed by atoms with E-state index in [0.717, 1.165) is 5.69 Å². The van der Waals surface area contributed by atoms with Crippen molar-refractivity contribution in [2.45, 2.75) is 20.4 Å². The number of nitrogens with zero attached hydrogens (tertiary/aromatic N) is 2. The smallest absolute Gasteiger partial charge is 0.246 e. The van der Waals surface area contributed by atoms with Crippen molar-refractivity contribution in [2.75, 3.05) is 5.32 Å². The Morgan fingerprint density at radius 2 is 1.95 bits per heavy atom. The van der Waals surface area contributed by atoms with Crippen molar-refractivity contribution in [3.8, 4) is 11.6 Å². The molecule has 20 heavy (non-hydrogen) atoms. The number of aryl methyl sites for hydroxylation is 2. The van der Waals surface area contributed by atoms with Crippen LogP contribution in [0.3, 0.4) is 0 Å². The molecule has 3 rings (SSSR count). The Bertz CT molecular complexity index is 681. The van der Waals surface area contributed by atoms with Gasteiger partial charge in [0, 0.05) is 5.69 Å². The molecule has 0 fully saturated rings. The maximum Gasteiger partial charge on any atom is 0.246 e. The van der Waals surface area contributed by atoms with Crippen LogP contribution >= 0.6 is 0 Å². The Morgan fingerprint density at radius 3 is 2.65 bits per heavy atom. The quantitative estimate of drug-likeness (QED) is 0.784. The molecule has 0 saturated heterocycles. The van der Waals surface area contributed by atoms with E-state index in [1.807, 2.05) is 0 Å². The number of hydrogen-bond acceptors (Lipinski definition) is 5. The van der Waals surface area contributed by atoms with Crippen molar-refractivity contribution in [1.29, 1.82) is 0 Å². The second-order valence-corrected chi connectivity index (χ2v) is 4.72. The third kappa shape index (κ3) is 2.71. The second kappa shape index (κ2) is 5.21. The van der Waals surface area contributed by atoms with Crippen LogP contribution in [0.4, 0.5) is 5.69 Å². The molecule has 5 nitrogen and oxygen atoms in total. The highest BCUT2D eigenvalue weighted by molar-refractivity contribution is 5.48. The van der Waals surface area contributed by atoms with Gasteiger partial charge < -0.3 is 14.3 Å². The topological polar surface area (TPSA) is 64.1 Å². The molecule has 102 valence electrons. The number of rotatable bonds is 4. The maximum atomic E-state index is 5.22. The van der Waals surface area contributed by atoms with Crippen LogP contribution in [0.1, 0.15) is 17.0 Å². The number of hydrogen-bond donors (Lipinski definition) is 1. The lowest BCUT2D eigenvalue weighted by Gasteiger charge is -2.05. The monoisotopic (exact) mass is 269 g/mol. The van der Waals surface area contributed by atoms with Gasteiger partial charge >= 0.3 is 0 Å². The van der Waals surface area contributed by atoms with Crippen molar-refractivity contribution in [3.63, 3.8) is 0 Å². The largest absolute Gasteiger partial charge is 0.461 e. The molecule has 0 saturated carbocycles. The number of anilines is 1. The van der Waals surface area contributed by atoms with Crippen molar-refractivity contribution < 1.29 is 8.94 Å². The average molecular weight is 269 g/mol. The molecule has 0 bridgehead atoms. The van der Waals surface area contributed by atoms with Gasteiger partial charge in [-0.3, -0.25) is 0 Å². The fourth-order valence-electron chi connectivity index (χ4n) is 2.09. The van der Waals surface area contributed by atoms with E-state index in [4.69, 9.17) is 8.94 Å². The van der Waals surface area contributed by atoms with Crippen molar-refractivity contribution in [1.82, 2.24) is 10.1 Å². The van der Waals surface area contributed by atoms with Gasteiger partial charge in [-0.25, -0.2) is 0 Å². The Hall–Kier alpha value is -2.56. The number of furan rings is 1. The molecule has 0 radical (unpaired) electrons. The highest BCUT2D eigenvalue weighted by Crippen LogP contribution is 2.17. The second-order valence-electron chi connectivity index (χ2n) is 4.72. The third-order valence-corrected chi connectivity index (χ3v) is 2.88. The zero-order valence-corrected chi connectivity index (χ0v) is 11.4. The fraction of sp³-hybridized carbons (Fsp3) is 0.200. The molecule has 0 unspecified atom stereocenters. The van der Waals surface area contributed by atoms with E-state index in [0.29, 0.717) is 24.0 Å². The van der Waals surface area contributed by atoms with Crippen LogP contribution in [-0.4, -0.2) is 10.1 Å². The summed E-state index contributed by atoms with van der Waals surface area (Å²) in [7, 11) is 0. The van der Waals surface area contributed by atoms with Gasteiger partial charge in [0.25, 0.3) is 0 Å². The average Bonchev–Trinajstić information content (AvgIpc) is 3.06. The summed E-state index contributed by atoms with van der Waals surface area (Å²) in [6.07, 6.45) is 1.58. The molecule has 0 aliphatic carbocycles. The molecule has 2 aromatic heterocycles. The van der Waals surface area contributed by atoms with E-state index in [-0.39, 0.29) is 0 Å². The van der Waals surface area contributed by atoms with Gasteiger partial charge in [-0.05, 0) is 49.2 Å². The van der Waals surface area contributed by atoms with Crippen molar-refractivity contribution in [2.24, 2.45) is 0 Å². The van der Waals surface area contributed by atoms with Gasteiger partial charge in [-0.1, -0.05) is 11.2 Å². The summed E-state index contributed by atoms with van der Waals surface area (Å²) in [4.78, 5) is 4.28. The number of benzene rings is 1. The minimum Gasteiger partial charge on any atom is -0.461 e. The lowest BCUT2D eigenvalue weighted by Crippen LogP contribution is -2.00. The molecule has 3 aromatic rings. The van der Waals surface area contributed by atoms with Gasteiger partial charge in [0.15, 0.2) is 5.76 Å². The van der Waals surface area contributed by atoms with Gasteiger partial charge in [-0.2, -0.15) is 4.98 Å². The van der Waals surface area contributed by atoms with Gasteiger partial charge in [0.1, 0.15) is 0 Å². The predicted molar refractivity (Wildman–Crippen MR) is 75.2 cm³/mol. The first-order valence-electron chi connectivity index (χ1n) is 6.39. The predicted octanol–water partition coefficient (Wildman–Crippen LogP) is 3.56. The minimum atomic E-state index is 0.465. The third-order valence-electron chi connectivity index (χ3n) is 2.88. The van der Waals surface area contributed by atoms with Crippen LogP contribution in [0.25, 0.3) is 11.6 Å². The summed E-state index contributed by atoms with van der Waals surface area (Å²) in [5.74, 6) is 1.59. The van der Waals surface area contributed by atoms with Crippen LogP contribution < -0.4 is 5.32 Å². The van der Waals surface area contributed by atoms with E-state index < -0.39 is 0 Å². The summed E-state index contributed by atoms with van der Waals surface area (Å²) in [5, 5.41) is 7.16. The van der Waals surface area contributed by atoms with Gasteiger partial charge in [0.05, 0.1) is 12.8 Å². The Labute approximate surface area is 116 Å². The molecule has 5 heteroatoms. The Morgan fingerprint density at radius 1 is 1.15 bits per heavy atom. The van der Waals surface area contributed by atoms with E-state index in [1.165, 1.54) is 11.1 Å². The standard InChI is InChI=1S/C15H15N3O2/c1-10-6-11(2)8-12(7-10)16-9-14-17-15(18-20-14)13-4-3-5-19-13/h3-8,16H,9H2,1-2H3. The summed E-state index contributed by atoms with van der Waals surface area (Å²) in [5.41, 5.74) is 3.48. The molecule has 0 atom stereocenters. The first-order chi connectivity index (χ1) is 9.70. The normalized spacial score (nSPS) is 10.7. The van der Waals surface area contributed by atoms with E-state index in [2.05, 4.69) is 47.5 Å². The molecule has 0 aliphatic heterocycles. The number of aromatic nitrogens is 2. The Balaban J connectivity index is 1.69. The first kappa shape index (κ1) is 12.5. The van der Waals surface area contributed by atoms with Gasteiger partial charge in [-0.15, -0.1) is 0 Å². The fourth-order valence-corrected chi connectivity index (χ4v) is 2.09. The number of nitrogens with one attached hydrogen (secondary N) is 1. The van der Waals surface area contributed by atoms with Crippen molar-refractivity contribution >= 4 is 5.69 Å². The van der Waals surface area contributed by atoms with Gasteiger partial charge in [0.2, 0.25) is 11.7 Å². The molecule has 0 aliphatic rings. The molecule has 0 spiro atoms. The van der Waals surface area contributed by atoms with Crippen LogP contribution in [0.2, 0.25) is 0 Å². The summed E-state index contributed by atoms with van der Waals surface area (Å²) in [6, 6.07) is 9.88. The summed E-state index contributed by atoms with van der Waals surface area (Å²) in [6.45, 7) is 4.62. The molecular weight excluding hydrogens is 254 g/mol. The summed E-state index contributed by atoms with van der Waals surface area (Å²) < 4.78 is 10.4. The first-order valence-corrected chi connectivity index (χ1v) is 6.39. The van der Waals surface area contributed by atoms with Crippen LogP contribution in [-0.2, 0) is 6.54 Å². The van der Waals surface area contributed by atoms with E-state index >= 15 is 0 Å². The molecule has 1 aromatic carbocycles. The molecule has 0 amide bonds. The molecule has 2 heterocycles. The highest BCUT2D eigenvalue weighted by atomic mass is 16.5. The zero-order chi connectivity index (χ0) is 13.9. The molecular formula is C15H15N3O2. The van der Waals surface area contributed by atoms with Crippen LogP contribution in [0.15, 0.2) is 45.5 Å². The lowest BCUT2D eigenvalue weighted by atomic mass is 10.1. The van der Waals surface area contributed by atoms with E-state index in [9.17, 15) is 0 Å². The Kier molecular flexibility index (Phi) is 3.25. The SMILES string of the molecule is Cc1cc(C)cc(NCc2nc(-c3ccco3)no2)c1. The lowest BCUT2D eigenvalue weighted by molar-refractivity contribution is 0.382. The van der Waals surface area contributed by atoms with Crippen molar-refractivity contribution in [3.05, 3.63) is 53.6 Å².